The number of aromatic amines is 1. The number of allylic oxidation sites excluding steroid dienone is 1. The van der Waals surface area contributed by atoms with Crippen LogP contribution in [0.4, 0.5) is 0 Å². The van der Waals surface area contributed by atoms with Crippen LogP contribution < -0.4 is 9.47 Å². The fourth-order valence-corrected chi connectivity index (χ4v) is 2.40. The van der Waals surface area contributed by atoms with E-state index in [0.717, 1.165) is 5.56 Å². The molecule has 1 aromatic heterocycles. The van der Waals surface area contributed by atoms with E-state index in [1.165, 1.54) is 0 Å². The number of nitrogens with one attached hydrogen (secondary N) is 1. The van der Waals surface area contributed by atoms with Crippen LogP contribution in [0.1, 0.15) is 36.8 Å². The SMILES string of the molecule is C=CCc1cc(-c2n[nH]nc2C(=O)OCC)cc(OC)c1OC(C)C. The second-order valence-corrected chi connectivity index (χ2v) is 5.57. The molecule has 7 heteroatoms. The Morgan fingerprint density at radius 2 is 2.12 bits per heavy atom. The lowest BCUT2D eigenvalue weighted by atomic mass is 10.0. The van der Waals surface area contributed by atoms with Gasteiger partial charge in [-0.1, -0.05) is 6.08 Å². The molecule has 1 heterocycles. The second kappa shape index (κ2) is 8.32. The van der Waals surface area contributed by atoms with Gasteiger partial charge in [0.1, 0.15) is 5.69 Å². The van der Waals surface area contributed by atoms with Crippen molar-refractivity contribution in [2.75, 3.05) is 13.7 Å². The van der Waals surface area contributed by atoms with Crippen molar-refractivity contribution in [3.05, 3.63) is 36.0 Å². The van der Waals surface area contributed by atoms with Crippen LogP contribution in [0.2, 0.25) is 0 Å². The van der Waals surface area contributed by atoms with Crippen molar-refractivity contribution < 1.29 is 19.0 Å². The predicted octanol–water partition coefficient (Wildman–Crippen LogP) is 3.17. The van der Waals surface area contributed by atoms with Crippen LogP contribution >= 0.6 is 0 Å². The van der Waals surface area contributed by atoms with E-state index < -0.39 is 5.97 Å². The Labute approximate surface area is 147 Å². The van der Waals surface area contributed by atoms with Crippen LogP contribution in [-0.4, -0.2) is 41.2 Å². The second-order valence-electron chi connectivity index (χ2n) is 5.57. The average Bonchev–Trinajstić information content (AvgIpc) is 3.06. The lowest BCUT2D eigenvalue weighted by Gasteiger charge is -2.18. The maximum absolute atomic E-state index is 12.1. The molecule has 0 unspecified atom stereocenters. The molecule has 0 radical (unpaired) electrons. The molecule has 0 atom stereocenters. The fourth-order valence-electron chi connectivity index (χ4n) is 2.40. The third kappa shape index (κ3) is 4.17. The number of carbonyl (C=O) groups excluding carboxylic acids is 1. The van der Waals surface area contributed by atoms with Crippen molar-refractivity contribution >= 4 is 5.97 Å². The summed E-state index contributed by atoms with van der Waals surface area (Å²) >= 11 is 0. The van der Waals surface area contributed by atoms with Gasteiger partial charge in [0.15, 0.2) is 17.2 Å². The van der Waals surface area contributed by atoms with Gasteiger partial charge >= 0.3 is 5.97 Å². The molecule has 0 bridgehead atoms. The number of hydrogen-bond donors (Lipinski definition) is 1. The van der Waals surface area contributed by atoms with Crippen LogP contribution in [0.15, 0.2) is 24.8 Å². The average molecular weight is 345 g/mol. The molecule has 0 spiro atoms. The summed E-state index contributed by atoms with van der Waals surface area (Å²) in [5.74, 6) is 0.682. The molecule has 0 amide bonds. The summed E-state index contributed by atoms with van der Waals surface area (Å²) in [5, 5.41) is 10.5. The number of benzene rings is 1. The summed E-state index contributed by atoms with van der Waals surface area (Å²) < 4.78 is 16.4. The summed E-state index contributed by atoms with van der Waals surface area (Å²) in [5.41, 5.74) is 2.10. The van der Waals surface area contributed by atoms with E-state index in [9.17, 15) is 4.79 Å². The summed E-state index contributed by atoms with van der Waals surface area (Å²) in [6.45, 7) is 9.68. The van der Waals surface area contributed by atoms with E-state index >= 15 is 0 Å². The van der Waals surface area contributed by atoms with Crippen molar-refractivity contribution in [2.24, 2.45) is 0 Å². The number of carbonyl (C=O) groups is 1. The zero-order chi connectivity index (χ0) is 18.4. The van der Waals surface area contributed by atoms with Crippen molar-refractivity contribution in [3.8, 4) is 22.8 Å². The van der Waals surface area contributed by atoms with Gasteiger partial charge in [0, 0.05) is 11.1 Å². The summed E-state index contributed by atoms with van der Waals surface area (Å²) in [7, 11) is 1.57. The molecule has 25 heavy (non-hydrogen) atoms. The Morgan fingerprint density at radius 3 is 2.72 bits per heavy atom. The number of rotatable bonds is 8. The van der Waals surface area contributed by atoms with E-state index in [1.807, 2.05) is 19.9 Å². The van der Waals surface area contributed by atoms with Gasteiger partial charge in [-0.25, -0.2) is 4.79 Å². The number of methoxy groups -OCH3 is 1. The van der Waals surface area contributed by atoms with Crippen molar-refractivity contribution in [1.82, 2.24) is 15.4 Å². The maximum Gasteiger partial charge on any atom is 0.361 e. The van der Waals surface area contributed by atoms with Crippen molar-refractivity contribution in [2.45, 2.75) is 33.3 Å². The highest BCUT2D eigenvalue weighted by molar-refractivity contribution is 5.94. The van der Waals surface area contributed by atoms with Gasteiger partial charge in [0.05, 0.1) is 19.8 Å². The molecule has 134 valence electrons. The van der Waals surface area contributed by atoms with Gasteiger partial charge in [0.25, 0.3) is 0 Å². The Hall–Kier alpha value is -2.83. The molecule has 0 saturated heterocycles. The van der Waals surface area contributed by atoms with Crippen molar-refractivity contribution in [1.29, 1.82) is 0 Å². The number of H-pyrrole nitrogens is 1. The first-order chi connectivity index (χ1) is 12.0. The molecule has 1 N–H and O–H groups in total. The Kier molecular flexibility index (Phi) is 6.16. The van der Waals surface area contributed by atoms with Gasteiger partial charge < -0.3 is 14.2 Å². The summed E-state index contributed by atoms with van der Waals surface area (Å²) in [4.78, 5) is 12.1. The highest BCUT2D eigenvalue weighted by Gasteiger charge is 2.22. The Bertz CT molecular complexity index is 753. The van der Waals surface area contributed by atoms with Gasteiger partial charge in [0.2, 0.25) is 0 Å². The zero-order valence-electron chi connectivity index (χ0n) is 15.0. The minimum atomic E-state index is -0.530. The standard InChI is InChI=1S/C18H23N3O4/c1-6-8-12-9-13(10-14(23-5)17(12)25-11(3)4)15-16(20-21-19-15)18(22)24-7-2/h6,9-11H,1,7-8H2,2-5H3,(H,19,20,21). The molecule has 0 aliphatic rings. The van der Waals surface area contributed by atoms with E-state index in [2.05, 4.69) is 22.0 Å². The third-order valence-corrected chi connectivity index (χ3v) is 3.36. The fraction of sp³-hybridized carbons (Fsp3) is 0.389. The van der Waals surface area contributed by atoms with Gasteiger partial charge in [-0.3, -0.25) is 0 Å². The molecular formula is C18H23N3O4. The number of nitrogens with zero attached hydrogens (tertiary/aromatic N) is 2. The molecule has 7 nitrogen and oxygen atoms in total. The lowest BCUT2D eigenvalue weighted by molar-refractivity contribution is 0.0520. The van der Waals surface area contributed by atoms with Crippen molar-refractivity contribution in [3.63, 3.8) is 0 Å². The number of esters is 1. The minimum Gasteiger partial charge on any atom is -0.493 e. The molecule has 1 aromatic carbocycles. The van der Waals surface area contributed by atoms with Crippen LogP contribution in [0.5, 0.6) is 11.5 Å². The van der Waals surface area contributed by atoms with E-state index in [4.69, 9.17) is 14.2 Å². The van der Waals surface area contributed by atoms with E-state index in [1.54, 1.807) is 26.2 Å². The van der Waals surface area contributed by atoms with E-state index in [-0.39, 0.29) is 18.4 Å². The van der Waals surface area contributed by atoms with E-state index in [0.29, 0.717) is 29.2 Å². The van der Waals surface area contributed by atoms with Crippen LogP contribution in [0.3, 0.4) is 0 Å². The van der Waals surface area contributed by atoms with Gasteiger partial charge in [-0.15, -0.1) is 11.7 Å². The molecule has 2 rings (SSSR count). The highest BCUT2D eigenvalue weighted by Crippen LogP contribution is 2.37. The highest BCUT2D eigenvalue weighted by atomic mass is 16.5. The molecule has 0 aliphatic carbocycles. The largest absolute Gasteiger partial charge is 0.493 e. The molecule has 0 fully saturated rings. The van der Waals surface area contributed by atoms with Gasteiger partial charge in [-0.05, 0) is 39.3 Å². The smallest absolute Gasteiger partial charge is 0.361 e. The first-order valence-electron chi connectivity index (χ1n) is 8.08. The topological polar surface area (TPSA) is 86.3 Å². The lowest BCUT2D eigenvalue weighted by Crippen LogP contribution is -2.10. The summed E-state index contributed by atoms with van der Waals surface area (Å²) in [6.07, 6.45) is 2.35. The molecule has 2 aromatic rings. The molecule has 0 saturated carbocycles. The number of ether oxygens (including phenoxy) is 3. The number of aromatic nitrogens is 3. The van der Waals surface area contributed by atoms with Crippen LogP contribution in [0.25, 0.3) is 11.3 Å². The number of hydrogen-bond acceptors (Lipinski definition) is 6. The quantitative estimate of drug-likeness (QED) is 0.584. The van der Waals surface area contributed by atoms with Gasteiger partial charge in [-0.2, -0.15) is 10.3 Å². The molecule has 0 aliphatic heterocycles. The Morgan fingerprint density at radius 1 is 1.36 bits per heavy atom. The monoisotopic (exact) mass is 345 g/mol. The third-order valence-electron chi connectivity index (χ3n) is 3.36. The van der Waals surface area contributed by atoms with Crippen LogP contribution in [-0.2, 0) is 11.2 Å². The first kappa shape index (κ1) is 18.5. The first-order valence-corrected chi connectivity index (χ1v) is 8.08. The maximum atomic E-state index is 12.1. The molecular weight excluding hydrogens is 322 g/mol. The summed E-state index contributed by atoms with van der Waals surface area (Å²) in [6, 6.07) is 3.66. The normalized spacial score (nSPS) is 10.6. The minimum absolute atomic E-state index is 0.00883. The Balaban J connectivity index is 2.56. The van der Waals surface area contributed by atoms with Crippen LogP contribution in [0, 0.1) is 0 Å². The zero-order valence-corrected chi connectivity index (χ0v) is 15.0. The predicted molar refractivity (Wildman–Crippen MR) is 94.0 cm³/mol.